The first kappa shape index (κ1) is 18.0. The topological polar surface area (TPSA) is 78.9 Å². The number of nitrogens with one attached hydrogen (secondary N) is 1. The van der Waals surface area contributed by atoms with Gasteiger partial charge in [-0.3, -0.25) is 4.79 Å². The highest BCUT2D eigenvalue weighted by Gasteiger charge is 2.27. The molecule has 2 amide bonds. The summed E-state index contributed by atoms with van der Waals surface area (Å²) in [4.78, 5) is 24.5. The van der Waals surface area contributed by atoms with E-state index in [2.05, 4.69) is 5.32 Å². The van der Waals surface area contributed by atoms with Crippen LogP contribution in [0.15, 0.2) is 18.2 Å². The number of carboxylic acid groups (broad SMARTS) is 1. The number of benzene rings is 1. The van der Waals surface area contributed by atoms with Gasteiger partial charge in [0, 0.05) is 19.2 Å². The Kier molecular flexibility index (Phi) is 5.94. The van der Waals surface area contributed by atoms with E-state index in [0.29, 0.717) is 25.9 Å². The Morgan fingerprint density at radius 3 is 2.62 bits per heavy atom. The van der Waals surface area contributed by atoms with Crippen LogP contribution in [0.4, 0.5) is 13.6 Å². The fraction of sp³-hybridized carbons (Fsp3) is 0.500. The maximum atomic E-state index is 13.4. The lowest BCUT2D eigenvalue weighted by molar-refractivity contribution is -0.143. The number of urea groups is 1. The number of carboxylic acids is 1. The average Bonchev–Trinajstić information content (AvgIpc) is 2.54. The average molecular weight is 342 g/mol. The summed E-state index contributed by atoms with van der Waals surface area (Å²) >= 11 is 0. The summed E-state index contributed by atoms with van der Waals surface area (Å²) in [5, 5.41) is 11.6. The zero-order valence-electron chi connectivity index (χ0n) is 13.3. The Balaban J connectivity index is 1.77. The molecule has 1 atom stereocenters. The molecule has 2 rings (SSSR count). The fourth-order valence-corrected chi connectivity index (χ4v) is 2.48. The van der Waals surface area contributed by atoms with Gasteiger partial charge in [0.1, 0.15) is 12.4 Å². The third kappa shape index (κ3) is 4.81. The van der Waals surface area contributed by atoms with Crippen LogP contribution in [0, 0.1) is 17.6 Å². The molecular formula is C16H20F2N2O4. The quantitative estimate of drug-likeness (QED) is 0.860. The number of ether oxygens (including phenoxy) is 1. The van der Waals surface area contributed by atoms with Gasteiger partial charge in [-0.15, -0.1) is 0 Å². The van der Waals surface area contributed by atoms with Crippen LogP contribution >= 0.6 is 0 Å². The number of piperidine rings is 1. The summed E-state index contributed by atoms with van der Waals surface area (Å²) in [7, 11) is 0. The number of hydrogen-bond donors (Lipinski definition) is 2. The summed E-state index contributed by atoms with van der Waals surface area (Å²) in [5.41, 5.74) is 0. The standard InChI is InChI=1S/C16H20F2N2O4/c1-10(9-24-14-3-2-12(17)8-13(14)18)19-16(23)20-6-4-11(5-7-20)15(21)22/h2-3,8,10-11H,4-7,9H2,1H3,(H,19,23)(H,21,22). The number of amides is 2. The van der Waals surface area contributed by atoms with Crippen molar-refractivity contribution in [2.75, 3.05) is 19.7 Å². The van der Waals surface area contributed by atoms with Crippen LogP contribution in [0.25, 0.3) is 0 Å². The molecule has 6 nitrogen and oxygen atoms in total. The number of carbonyl (C=O) groups is 2. The first-order valence-corrected chi connectivity index (χ1v) is 7.73. The van der Waals surface area contributed by atoms with E-state index in [0.717, 1.165) is 12.1 Å². The number of carbonyl (C=O) groups excluding carboxylic acids is 1. The maximum absolute atomic E-state index is 13.4. The molecule has 1 heterocycles. The Labute approximate surface area is 138 Å². The van der Waals surface area contributed by atoms with Crippen LogP contribution in [0.1, 0.15) is 19.8 Å². The van der Waals surface area contributed by atoms with Crippen molar-refractivity contribution < 1.29 is 28.2 Å². The van der Waals surface area contributed by atoms with E-state index >= 15 is 0 Å². The van der Waals surface area contributed by atoms with Crippen molar-refractivity contribution in [2.24, 2.45) is 5.92 Å². The zero-order valence-corrected chi connectivity index (χ0v) is 13.3. The van der Waals surface area contributed by atoms with Gasteiger partial charge < -0.3 is 20.1 Å². The van der Waals surface area contributed by atoms with Crippen LogP contribution in [0.2, 0.25) is 0 Å². The molecule has 0 radical (unpaired) electrons. The first-order chi connectivity index (χ1) is 11.4. The lowest BCUT2D eigenvalue weighted by Gasteiger charge is -2.31. The highest BCUT2D eigenvalue weighted by molar-refractivity contribution is 5.75. The molecule has 132 valence electrons. The molecule has 1 saturated heterocycles. The smallest absolute Gasteiger partial charge is 0.317 e. The van der Waals surface area contributed by atoms with Crippen molar-refractivity contribution in [3.05, 3.63) is 29.8 Å². The van der Waals surface area contributed by atoms with Crippen molar-refractivity contribution in [1.82, 2.24) is 10.2 Å². The second-order valence-corrected chi connectivity index (χ2v) is 5.84. The van der Waals surface area contributed by atoms with E-state index in [1.165, 1.54) is 6.07 Å². The Morgan fingerprint density at radius 1 is 1.38 bits per heavy atom. The molecule has 1 aliphatic rings. The van der Waals surface area contributed by atoms with E-state index in [1.54, 1.807) is 11.8 Å². The van der Waals surface area contributed by atoms with Crippen LogP contribution in [-0.4, -0.2) is 47.7 Å². The van der Waals surface area contributed by atoms with Crippen molar-refractivity contribution in [3.8, 4) is 5.75 Å². The van der Waals surface area contributed by atoms with Crippen molar-refractivity contribution >= 4 is 12.0 Å². The molecule has 2 N–H and O–H groups in total. The maximum Gasteiger partial charge on any atom is 0.317 e. The first-order valence-electron chi connectivity index (χ1n) is 7.73. The van der Waals surface area contributed by atoms with Gasteiger partial charge in [-0.05, 0) is 31.9 Å². The van der Waals surface area contributed by atoms with Crippen molar-refractivity contribution in [3.63, 3.8) is 0 Å². The summed E-state index contributed by atoms with van der Waals surface area (Å²) in [6.07, 6.45) is 0.850. The summed E-state index contributed by atoms with van der Waals surface area (Å²) in [6.45, 7) is 2.48. The third-order valence-corrected chi connectivity index (χ3v) is 3.88. The lowest BCUT2D eigenvalue weighted by atomic mass is 9.97. The van der Waals surface area contributed by atoms with Crippen LogP contribution in [-0.2, 0) is 4.79 Å². The molecule has 1 fully saturated rings. The van der Waals surface area contributed by atoms with E-state index in [-0.39, 0.29) is 24.4 Å². The van der Waals surface area contributed by atoms with Gasteiger partial charge in [0.05, 0.1) is 12.0 Å². The normalized spacial score (nSPS) is 16.5. The number of halogens is 2. The minimum absolute atomic E-state index is 0.0277. The number of likely N-dealkylation sites (tertiary alicyclic amines) is 1. The van der Waals surface area contributed by atoms with E-state index in [9.17, 15) is 18.4 Å². The molecule has 24 heavy (non-hydrogen) atoms. The third-order valence-electron chi connectivity index (χ3n) is 3.88. The van der Waals surface area contributed by atoms with Gasteiger partial charge in [-0.2, -0.15) is 0 Å². The largest absolute Gasteiger partial charge is 0.488 e. The van der Waals surface area contributed by atoms with Crippen molar-refractivity contribution in [2.45, 2.75) is 25.8 Å². The molecule has 0 aliphatic carbocycles. The minimum Gasteiger partial charge on any atom is -0.488 e. The summed E-state index contributed by atoms with van der Waals surface area (Å²) < 4.78 is 31.5. The highest BCUT2D eigenvalue weighted by Crippen LogP contribution is 2.18. The van der Waals surface area contributed by atoms with E-state index in [4.69, 9.17) is 9.84 Å². The molecule has 0 saturated carbocycles. The zero-order chi connectivity index (χ0) is 17.7. The Morgan fingerprint density at radius 2 is 2.04 bits per heavy atom. The highest BCUT2D eigenvalue weighted by atomic mass is 19.1. The molecule has 0 bridgehead atoms. The molecular weight excluding hydrogens is 322 g/mol. The van der Waals surface area contributed by atoms with Crippen LogP contribution < -0.4 is 10.1 Å². The van der Waals surface area contributed by atoms with E-state index in [1.807, 2.05) is 0 Å². The summed E-state index contributed by atoms with van der Waals surface area (Å²) in [6, 6.07) is 2.31. The monoisotopic (exact) mass is 342 g/mol. The fourth-order valence-electron chi connectivity index (χ4n) is 2.48. The number of rotatable bonds is 5. The van der Waals surface area contributed by atoms with Crippen molar-refractivity contribution in [1.29, 1.82) is 0 Å². The molecule has 0 aromatic heterocycles. The van der Waals surface area contributed by atoms with Crippen LogP contribution in [0.5, 0.6) is 5.75 Å². The second-order valence-electron chi connectivity index (χ2n) is 5.84. The lowest BCUT2D eigenvalue weighted by Crippen LogP contribution is -2.49. The molecule has 1 unspecified atom stereocenters. The predicted octanol–water partition coefficient (Wildman–Crippen LogP) is 2.24. The van der Waals surface area contributed by atoms with Crippen LogP contribution in [0.3, 0.4) is 0 Å². The second kappa shape index (κ2) is 7.94. The van der Waals surface area contributed by atoms with Gasteiger partial charge in [0.25, 0.3) is 0 Å². The molecule has 0 spiro atoms. The van der Waals surface area contributed by atoms with E-state index < -0.39 is 23.5 Å². The minimum atomic E-state index is -0.835. The molecule has 1 aromatic carbocycles. The number of nitrogens with zero attached hydrogens (tertiary/aromatic N) is 1. The molecule has 1 aliphatic heterocycles. The van der Waals surface area contributed by atoms with Gasteiger partial charge in [-0.25, -0.2) is 13.6 Å². The number of aliphatic carboxylic acids is 1. The molecule has 8 heteroatoms. The summed E-state index contributed by atoms with van der Waals surface area (Å²) in [5.74, 6) is -2.82. The van der Waals surface area contributed by atoms with Gasteiger partial charge in [0.15, 0.2) is 11.6 Å². The van der Waals surface area contributed by atoms with Gasteiger partial charge in [0.2, 0.25) is 0 Å². The molecule has 1 aromatic rings. The SMILES string of the molecule is CC(COc1ccc(F)cc1F)NC(=O)N1CCC(C(=O)O)CC1. The number of hydrogen-bond acceptors (Lipinski definition) is 3. The Hall–Kier alpha value is -2.38. The predicted molar refractivity (Wildman–Crippen MR) is 81.8 cm³/mol. The van der Waals surface area contributed by atoms with Gasteiger partial charge >= 0.3 is 12.0 Å². The van der Waals surface area contributed by atoms with Gasteiger partial charge in [-0.1, -0.05) is 0 Å². The Bertz CT molecular complexity index is 604.